The van der Waals surface area contributed by atoms with Gasteiger partial charge in [0.2, 0.25) is 0 Å². The number of nitrogens with two attached hydrogens (primary N) is 1. The molecule has 0 bridgehead atoms. The van der Waals surface area contributed by atoms with Crippen LogP contribution in [0.4, 0.5) is 17.3 Å². The van der Waals surface area contributed by atoms with E-state index in [2.05, 4.69) is 57.1 Å². The number of benzene rings is 1. The molecule has 19 heavy (non-hydrogen) atoms. The van der Waals surface area contributed by atoms with Gasteiger partial charge in [-0.05, 0) is 52.8 Å². The summed E-state index contributed by atoms with van der Waals surface area (Å²) in [5.74, 6) is 7.19. The molecular formula is C13H16IN5. The van der Waals surface area contributed by atoms with Crippen molar-refractivity contribution in [2.45, 2.75) is 19.8 Å². The van der Waals surface area contributed by atoms with Gasteiger partial charge in [0.05, 0.1) is 0 Å². The minimum atomic E-state index is 0.263. The molecule has 0 fully saturated rings. The van der Waals surface area contributed by atoms with E-state index >= 15 is 0 Å². The highest BCUT2D eigenvalue weighted by atomic mass is 127. The van der Waals surface area contributed by atoms with E-state index < -0.39 is 0 Å². The number of nitrogens with one attached hydrogen (secondary N) is 2. The molecule has 0 aliphatic rings. The van der Waals surface area contributed by atoms with Gasteiger partial charge in [-0.3, -0.25) is 0 Å². The van der Waals surface area contributed by atoms with Crippen LogP contribution in [0.25, 0.3) is 0 Å². The van der Waals surface area contributed by atoms with Crippen molar-refractivity contribution in [1.29, 1.82) is 0 Å². The van der Waals surface area contributed by atoms with Gasteiger partial charge in [-0.2, -0.15) is 0 Å². The molecule has 0 amide bonds. The third-order valence-corrected chi connectivity index (χ3v) is 3.42. The molecule has 0 atom stereocenters. The highest BCUT2D eigenvalue weighted by molar-refractivity contribution is 14.1. The molecule has 1 aromatic heterocycles. The summed E-state index contributed by atoms with van der Waals surface area (Å²) in [7, 11) is 0. The van der Waals surface area contributed by atoms with Crippen molar-refractivity contribution in [2.75, 3.05) is 10.7 Å². The molecule has 0 spiro atoms. The number of nitrogen functional groups attached to an aromatic ring is 1. The van der Waals surface area contributed by atoms with Crippen molar-refractivity contribution >= 4 is 39.9 Å². The fourth-order valence-corrected chi connectivity index (χ4v) is 2.19. The number of hydrazine groups is 1. The van der Waals surface area contributed by atoms with Crippen molar-refractivity contribution in [3.63, 3.8) is 0 Å². The van der Waals surface area contributed by atoms with Crippen LogP contribution in [0.15, 0.2) is 30.6 Å². The maximum absolute atomic E-state index is 5.50. The second-order valence-electron chi connectivity index (χ2n) is 4.42. The molecule has 0 aliphatic heterocycles. The summed E-state index contributed by atoms with van der Waals surface area (Å²) in [5, 5.41) is 3.31. The van der Waals surface area contributed by atoms with E-state index in [1.54, 1.807) is 0 Å². The van der Waals surface area contributed by atoms with Crippen LogP contribution in [0.5, 0.6) is 0 Å². The van der Waals surface area contributed by atoms with Crippen molar-refractivity contribution in [3.05, 3.63) is 39.7 Å². The minimum absolute atomic E-state index is 0.263. The Morgan fingerprint density at radius 3 is 2.32 bits per heavy atom. The van der Waals surface area contributed by atoms with Gasteiger partial charge in [0.15, 0.2) is 0 Å². The van der Waals surface area contributed by atoms with Crippen LogP contribution in [0, 0.1) is 3.57 Å². The highest BCUT2D eigenvalue weighted by Gasteiger charge is 2.14. The lowest BCUT2D eigenvalue weighted by Gasteiger charge is -2.16. The lowest BCUT2D eigenvalue weighted by molar-refractivity contribution is 0.850. The summed E-state index contributed by atoms with van der Waals surface area (Å²) in [6.45, 7) is 4.16. The summed E-state index contributed by atoms with van der Waals surface area (Å²) in [4.78, 5) is 8.45. The molecule has 1 aromatic carbocycles. The van der Waals surface area contributed by atoms with E-state index in [1.807, 2.05) is 24.3 Å². The van der Waals surface area contributed by atoms with Gasteiger partial charge in [-0.25, -0.2) is 15.8 Å². The predicted octanol–water partition coefficient (Wildman–Crippen LogP) is 3.23. The lowest BCUT2D eigenvalue weighted by atomic mass is 10.0. The summed E-state index contributed by atoms with van der Waals surface area (Å²) >= 11 is 2.28. The number of hydrogen-bond donors (Lipinski definition) is 3. The first kappa shape index (κ1) is 14.0. The molecule has 100 valence electrons. The van der Waals surface area contributed by atoms with Crippen LogP contribution >= 0.6 is 22.6 Å². The normalized spacial score (nSPS) is 10.6. The Bertz CT molecular complexity index is 553. The van der Waals surface area contributed by atoms with Gasteiger partial charge in [0.25, 0.3) is 0 Å². The molecule has 0 unspecified atom stereocenters. The molecule has 1 heterocycles. The largest absolute Gasteiger partial charge is 0.340 e. The van der Waals surface area contributed by atoms with E-state index in [0.717, 1.165) is 17.1 Å². The lowest BCUT2D eigenvalue weighted by Crippen LogP contribution is -2.14. The van der Waals surface area contributed by atoms with Gasteiger partial charge in [-0.1, -0.05) is 13.8 Å². The number of nitrogens with zero attached hydrogens (tertiary/aromatic N) is 2. The topological polar surface area (TPSA) is 75.9 Å². The summed E-state index contributed by atoms with van der Waals surface area (Å²) in [6.07, 6.45) is 1.50. The first-order valence-electron chi connectivity index (χ1n) is 5.96. The zero-order valence-corrected chi connectivity index (χ0v) is 13.0. The molecule has 6 heteroatoms. The number of aromatic nitrogens is 2. The Kier molecular flexibility index (Phi) is 4.54. The van der Waals surface area contributed by atoms with Gasteiger partial charge < -0.3 is 10.7 Å². The molecule has 2 aromatic rings. The molecule has 0 aliphatic carbocycles. The Balaban J connectivity index is 2.36. The first-order valence-corrected chi connectivity index (χ1v) is 7.03. The number of anilines is 3. The maximum atomic E-state index is 5.50. The van der Waals surface area contributed by atoms with Crippen molar-refractivity contribution in [1.82, 2.24) is 9.97 Å². The fraction of sp³-hybridized carbons (Fsp3) is 0.231. The van der Waals surface area contributed by atoms with Gasteiger partial charge in [0, 0.05) is 14.8 Å². The number of hydrogen-bond acceptors (Lipinski definition) is 5. The van der Waals surface area contributed by atoms with Crippen LogP contribution in [-0.4, -0.2) is 9.97 Å². The monoisotopic (exact) mass is 369 g/mol. The summed E-state index contributed by atoms with van der Waals surface area (Å²) in [5.41, 5.74) is 4.59. The zero-order chi connectivity index (χ0) is 13.8. The van der Waals surface area contributed by atoms with E-state index in [4.69, 9.17) is 5.84 Å². The number of halogens is 1. The van der Waals surface area contributed by atoms with Crippen LogP contribution in [0.2, 0.25) is 0 Å². The Morgan fingerprint density at radius 1 is 1.11 bits per heavy atom. The van der Waals surface area contributed by atoms with E-state index in [-0.39, 0.29) is 5.92 Å². The van der Waals surface area contributed by atoms with Crippen LogP contribution in [0.3, 0.4) is 0 Å². The third-order valence-electron chi connectivity index (χ3n) is 2.70. The fourth-order valence-electron chi connectivity index (χ4n) is 1.83. The maximum Gasteiger partial charge on any atom is 0.148 e. The van der Waals surface area contributed by atoms with Gasteiger partial charge >= 0.3 is 0 Å². The Labute approximate surface area is 126 Å². The van der Waals surface area contributed by atoms with Crippen LogP contribution in [0.1, 0.15) is 25.3 Å². The second-order valence-corrected chi connectivity index (χ2v) is 5.66. The predicted molar refractivity (Wildman–Crippen MR) is 86.4 cm³/mol. The molecule has 5 nitrogen and oxygen atoms in total. The highest BCUT2D eigenvalue weighted by Crippen LogP contribution is 2.29. The molecule has 2 rings (SSSR count). The Hall–Kier alpha value is -1.41. The van der Waals surface area contributed by atoms with Crippen molar-refractivity contribution in [3.8, 4) is 0 Å². The van der Waals surface area contributed by atoms with Crippen molar-refractivity contribution < 1.29 is 0 Å². The first-order chi connectivity index (χ1) is 9.11. The van der Waals surface area contributed by atoms with Gasteiger partial charge in [0.1, 0.15) is 18.0 Å². The summed E-state index contributed by atoms with van der Waals surface area (Å²) in [6, 6.07) is 8.12. The van der Waals surface area contributed by atoms with Gasteiger partial charge in [-0.15, -0.1) is 0 Å². The molecule has 0 radical (unpaired) electrons. The molecular weight excluding hydrogens is 353 g/mol. The quantitative estimate of drug-likeness (QED) is 0.438. The smallest absolute Gasteiger partial charge is 0.148 e. The van der Waals surface area contributed by atoms with Crippen molar-refractivity contribution in [2.24, 2.45) is 5.84 Å². The summed E-state index contributed by atoms with van der Waals surface area (Å²) < 4.78 is 1.19. The van der Waals surface area contributed by atoms with E-state index in [1.165, 1.54) is 9.90 Å². The molecule has 0 saturated carbocycles. The standard InChI is InChI=1S/C13H16IN5/c1-8(2)11-12(16-7-17-13(11)19-15)18-10-5-3-9(14)4-6-10/h3-8H,15H2,1-2H3,(H2,16,17,18,19). The number of rotatable bonds is 4. The average Bonchev–Trinajstić information content (AvgIpc) is 2.40. The SMILES string of the molecule is CC(C)c1c(NN)ncnc1Nc1ccc(I)cc1. The third kappa shape index (κ3) is 3.32. The van der Waals surface area contributed by atoms with E-state index in [0.29, 0.717) is 5.82 Å². The van der Waals surface area contributed by atoms with E-state index in [9.17, 15) is 0 Å². The van der Waals surface area contributed by atoms with Crippen LogP contribution in [-0.2, 0) is 0 Å². The average molecular weight is 369 g/mol. The molecule has 4 N–H and O–H groups in total. The molecule has 0 saturated heterocycles. The zero-order valence-electron chi connectivity index (χ0n) is 10.8. The minimum Gasteiger partial charge on any atom is -0.340 e. The Morgan fingerprint density at radius 2 is 1.74 bits per heavy atom. The van der Waals surface area contributed by atoms with Crippen LogP contribution < -0.4 is 16.6 Å². The second kappa shape index (κ2) is 6.16.